The Morgan fingerprint density at radius 2 is 2.06 bits per heavy atom. The van der Waals surface area contributed by atoms with Gasteiger partial charge in [-0.2, -0.15) is 0 Å². The zero-order valence-corrected chi connectivity index (χ0v) is 20.5. The van der Waals surface area contributed by atoms with Crippen LogP contribution in [0.2, 0.25) is 0 Å². The maximum Gasteiger partial charge on any atom is 0.252 e. The van der Waals surface area contributed by atoms with Gasteiger partial charge in [0.25, 0.3) is 5.91 Å². The van der Waals surface area contributed by atoms with Gasteiger partial charge in [-0.15, -0.1) is 0 Å². The highest BCUT2D eigenvalue weighted by molar-refractivity contribution is 8.03. The summed E-state index contributed by atoms with van der Waals surface area (Å²) in [5.74, 6) is 5.95. The highest BCUT2D eigenvalue weighted by Gasteiger charge is 2.34. The molecule has 2 unspecified atom stereocenters. The normalized spacial score (nSPS) is 18.9. The van der Waals surface area contributed by atoms with Gasteiger partial charge in [-0.25, -0.2) is 0 Å². The summed E-state index contributed by atoms with van der Waals surface area (Å²) < 4.78 is 5.06. The lowest BCUT2D eigenvalue weighted by atomic mass is 9.75. The number of anilines is 1. The minimum atomic E-state index is -0.717. The molecule has 2 atom stereocenters. The summed E-state index contributed by atoms with van der Waals surface area (Å²) in [6.07, 6.45) is 5.81. The molecule has 0 bridgehead atoms. The lowest BCUT2D eigenvalue weighted by molar-refractivity contribution is 0.0960. The van der Waals surface area contributed by atoms with E-state index in [2.05, 4.69) is 22.5 Å². The lowest BCUT2D eigenvalue weighted by Gasteiger charge is -2.32. The molecule has 0 saturated carbocycles. The van der Waals surface area contributed by atoms with Crippen molar-refractivity contribution in [3.8, 4) is 11.8 Å². The van der Waals surface area contributed by atoms with Crippen molar-refractivity contribution in [1.82, 2.24) is 5.32 Å². The molecule has 7 heteroatoms. The average Bonchev–Trinajstić information content (AvgIpc) is 2.85. The highest BCUT2D eigenvalue weighted by Crippen LogP contribution is 2.37. The van der Waals surface area contributed by atoms with Crippen molar-refractivity contribution in [2.75, 3.05) is 32.6 Å². The number of carbonyl (C=O) groups is 1. The van der Waals surface area contributed by atoms with Crippen molar-refractivity contribution in [3.63, 3.8) is 0 Å². The lowest BCUT2D eigenvalue weighted by Crippen LogP contribution is -2.43. The van der Waals surface area contributed by atoms with Crippen molar-refractivity contribution < 1.29 is 9.53 Å². The van der Waals surface area contributed by atoms with E-state index in [1.165, 1.54) is 11.8 Å². The molecular formula is C27H30N4O2S. The van der Waals surface area contributed by atoms with Gasteiger partial charge in [-0.05, 0) is 43.2 Å². The molecular weight excluding hydrogens is 444 g/mol. The first kappa shape index (κ1) is 25.3. The van der Waals surface area contributed by atoms with Crippen LogP contribution in [0.3, 0.4) is 0 Å². The number of nitrogens with one attached hydrogen (secondary N) is 3. The highest BCUT2D eigenvalue weighted by atomic mass is 32.2. The molecule has 3 rings (SSSR count). The zero-order chi connectivity index (χ0) is 24.6. The summed E-state index contributed by atoms with van der Waals surface area (Å²) in [4.78, 5) is 13.9. The van der Waals surface area contributed by atoms with Gasteiger partial charge in [-0.1, -0.05) is 54.1 Å². The van der Waals surface area contributed by atoms with Crippen LogP contribution in [-0.2, 0) is 4.74 Å². The minimum Gasteiger partial charge on any atom is -0.383 e. The van der Waals surface area contributed by atoms with E-state index in [4.69, 9.17) is 15.9 Å². The molecule has 0 heterocycles. The average molecular weight is 475 g/mol. The van der Waals surface area contributed by atoms with E-state index in [0.717, 1.165) is 21.1 Å². The molecule has 34 heavy (non-hydrogen) atoms. The number of rotatable bonds is 8. The predicted molar refractivity (Wildman–Crippen MR) is 140 cm³/mol. The van der Waals surface area contributed by atoms with E-state index in [0.29, 0.717) is 18.7 Å². The van der Waals surface area contributed by atoms with Gasteiger partial charge in [0, 0.05) is 47.8 Å². The third kappa shape index (κ3) is 6.17. The fraction of sp³-hybridized carbons (Fsp3) is 0.259. The Balaban J connectivity index is 1.72. The Kier molecular flexibility index (Phi) is 8.72. The van der Waals surface area contributed by atoms with Crippen molar-refractivity contribution in [3.05, 3.63) is 82.8 Å². The van der Waals surface area contributed by atoms with Crippen molar-refractivity contribution in [2.24, 2.45) is 11.1 Å². The van der Waals surface area contributed by atoms with Crippen LogP contribution in [0.15, 0.2) is 76.6 Å². The van der Waals surface area contributed by atoms with Gasteiger partial charge in [-0.3, -0.25) is 10.2 Å². The molecule has 0 aliphatic heterocycles. The van der Waals surface area contributed by atoms with Gasteiger partial charge in [0.15, 0.2) is 0 Å². The second kappa shape index (κ2) is 11.7. The van der Waals surface area contributed by atoms with Crippen LogP contribution in [0, 0.1) is 22.7 Å². The first-order valence-electron chi connectivity index (χ1n) is 11.0. The van der Waals surface area contributed by atoms with E-state index in [-0.39, 0.29) is 11.6 Å². The summed E-state index contributed by atoms with van der Waals surface area (Å²) in [6.45, 7) is 3.25. The standard InChI is InChI=1S/C27H30N4O2S/c1-27(24(28)12-11-19-7-6-8-20(17-19)31-15-16-33-3)14-13-21(18-25(27)29)34-23-10-5-4-9-22(23)26(32)30-2/h4-10,13-14,17-18,25,28,31H,15-16,29H2,1-3H3,(H,30,32). The summed E-state index contributed by atoms with van der Waals surface area (Å²) >= 11 is 1.48. The number of nitrogens with two attached hydrogens (primary N) is 1. The van der Waals surface area contributed by atoms with Crippen molar-refractivity contribution in [2.45, 2.75) is 17.9 Å². The molecule has 0 saturated heterocycles. The van der Waals surface area contributed by atoms with E-state index in [1.54, 1.807) is 20.2 Å². The van der Waals surface area contributed by atoms with E-state index in [9.17, 15) is 4.79 Å². The third-order valence-electron chi connectivity index (χ3n) is 5.59. The first-order valence-corrected chi connectivity index (χ1v) is 11.8. The third-order valence-corrected chi connectivity index (χ3v) is 6.67. The van der Waals surface area contributed by atoms with Crippen LogP contribution < -0.4 is 16.4 Å². The maximum absolute atomic E-state index is 12.2. The largest absolute Gasteiger partial charge is 0.383 e. The van der Waals surface area contributed by atoms with Crippen molar-refractivity contribution in [1.29, 1.82) is 5.41 Å². The molecule has 1 aliphatic carbocycles. The molecule has 1 aliphatic rings. The monoisotopic (exact) mass is 474 g/mol. The van der Waals surface area contributed by atoms with E-state index in [1.807, 2.05) is 67.6 Å². The quantitative estimate of drug-likeness (QED) is 0.263. The number of allylic oxidation sites excluding steroid dienone is 1. The predicted octanol–water partition coefficient (Wildman–Crippen LogP) is 4.06. The van der Waals surface area contributed by atoms with Crippen LogP contribution in [0.1, 0.15) is 22.8 Å². The fourth-order valence-electron chi connectivity index (χ4n) is 3.37. The Hall–Kier alpha value is -3.31. The molecule has 0 radical (unpaired) electrons. The van der Waals surface area contributed by atoms with E-state index < -0.39 is 11.5 Å². The van der Waals surface area contributed by atoms with Gasteiger partial charge in [0.2, 0.25) is 0 Å². The first-order chi connectivity index (χ1) is 16.4. The van der Waals surface area contributed by atoms with Crippen LogP contribution in [0.4, 0.5) is 5.69 Å². The molecule has 2 aromatic rings. The molecule has 6 nitrogen and oxygen atoms in total. The van der Waals surface area contributed by atoms with Crippen LogP contribution in [-0.4, -0.2) is 45.0 Å². The molecule has 0 spiro atoms. The Labute approximate surface area is 205 Å². The van der Waals surface area contributed by atoms with Gasteiger partial charge in [0.1, 0.15) is 0 Å². The van der Waals surface area contributed by atoms with Crippen LogP contribution in [0.5, 0.6) is 0 Å². The van der Waals surface area contributed by atoms with Crippen molar-refractivity contribution >= 4 is 29.1 Å². The summed E-state index contributed by atoms with van der Waals surface area (Å²) in [7, 11) is 3.28. The SMILES string of the molecule is CNC(=O)c1ccccc1SC1=CC(N)C(C)(C(=N)C#Cc2cccc(NCCOC)c2)C=C1. The number of benzene rings is 2. The summed E-state index contributed by atoms with van der Waals surface area (Å²) in [5, 5.41) is 14.6. The zero-order valence-electron chi connectivity index (χ0n) is 19.6. The number of carbonyl (C=O) groups excluding carboxylic acids is 1. The second-order valence-corrected chi connectivity index (χ2v) is 9.13. The van der Waals surface area contributed by atoms with E-state index >= 15 is 0 Å². The number of ether oxygens (including phenoxy) is 1. The molecule has 5 N–H and O–H groups in total. The topological polar surface area (TPSA) is 100 Å². The Morgan fingerprint density at radius 1 is 1.26 bits per heavy atom. The number of thioether (sulfide) groups is 1. The maximum atomic E-state index is 12.2. The summed E-state index contributed by atoms with van der Waals surface area (Å²) in [6, 6.07) is 14.8. The van der Waals surface area contributed by atoms with Crippen LogP contribution in [0.25, 0.3) is 0 Å². The molecule has 0 aromatic heterocycles. The minimum absolute atomic E-state index is 0.132. The molecule has 2 aromatic carbocycles. The molecule has 176 valence electrons. The fourth-order valence-corrected chi connectivity index (χ4v) is 4.39. The van der Waals surface area contributed by atoms with Gasteiger partial charge >= 0.3 is 0 Å². The van der Waals surface area contributed by atoms with Crippen LogP contribution >= 0.6 is 11.8 Å². The molecule has 1 amide bonds. The number of hydrogen-bond acceptors (Lipinski definition) is 6. The number of amides is 1. The number of methoxy groups -OCH3 is 1. The smallest absolute Gasteiger partial charge is 0.252 e. The second-order valence-electron chi connectivity index (χ2n) is 8.01. The van der Waals surface area contributed by atoms with Gasteiger partial charge in [0.05, 0.1) is 23.3 Å². The Bertz CT molecular complexity index is 1180. The molecule has 0 fully saturated rings. The van der Waals surface area contributed by atoms with Gasteiger partial charge < -0.3 is 21.1 Å². The summed E-state index contributed by atoms with van der Waals surface area (Å²) in [5.41, 5.74) is 8.42. The number of hydrogen-bond donors (Lipinski definition) is 4. The Morgan fingerprint density at radius 3 is 2.79 bits per heavy atom.